The number of allylic oxidation sites excluding steroid dienone is 1. The Labute approximate surface area is 225 Å². The predicted octanol–water partition coefficient (Wildman–Crippen LogP) is 4.49. The Bertz CT molecular complexity index is 1640. The zero-order chi connectivity index (χ0) is 25.2. The number of hydrogen-bond acceptors (Lipinski definition) is 5. The minimum atomic E-state index is -0.630. The molecule has 3 aromatic carbocycles. The van der Waals surface area contributed by atoms with Crippen LogP contribution < -0.4 is 24.9 Å². The highest BCUT2D eigenvalue weighted by Crippen LogP contribution is 2.31. The third kappa shape index (κ3) is 4.78. The molecule has 1 atom stereocenters. The molecule has 4 aromatic rings. The van der Waals surface area contributed by atoms with Crippen molar-refractivity contribution in [3.05, 3.63) is 125 Å². The highest BCUT2D eigenvalue weighted by molar-refractivity contribution is 14.1. The lowest BCUT2D eigenvalue weighted by atomic mass is 9.95. The molecule has 1 aromatic heterocycles. The molecule has 180 valence electrons. The summed E-state index contributed by atoms with van der Waals surface area (Å²) in [6.45, 7) is 1.81. The number of carbonyl (C=O) groups excluding carboxylic acids is 1. The molecule has 0 bridgehead atoms. The Morgan fingerprint density at radius 2 is 1.75 bits per heavy atom. The van der Waals surface area contributed by atoms with Gasteiger partial charge in [-0.05, 0) is 83.1 Å². The monoisotopic (exact) mass is 607 g/mol. The van der Waals surface area contributed by atoms with E-state index in [2.05, 4.69) is 27.9 Å². The number of benzene rings is 3. The molecule has 0 unspecified atom stereocenters. The highest BCUT2D eigenvalue weighted by Gasteiger charge is 2.32. The van der Waals surface area contributed by atoms with Crippen molar-refractivity contribution in [2.45, 2.75) is 13.0 Å². The molecule has 5 rings (SSSR count). The van der Waals surface area contributed by atoms with Crippen LogP contribution in [0.3, 0.4) is 0 Å². The van der Waals surface area contributed by atoms with Gasteiger partial charge in [-0.1, -0.05) is 53.8 Å². The first kappa shape index (κ1) is 24.2. The number of ether oxygens (including phenoxy) is 1. The van der Waals surface area contributed by atoms with Crippen LogP contribution in [0.2, 0.25) is 0 Å². The lowest BCUT2D eigenvalue weighted by Crippen LogP contribution is -2.40. The zero-order valence-electron chi connectivity index (χ0n) is 19.6. The van der Waals surface area contributed by atoms with Gasteiger partial charge in [-0.15, -0.1) is 0 Å². The summed E-state index contributed by atoms with van der Waals surface area (Å²) in [5, 5.41) is 2.96. The largest absolute Gasteiger partial charge is 0.497 e. The second-order valence-electron chi connectivity index (χ2n) is 8.23. The van der Waals surface area contributed by atoms with E-state index in [1.54, 1.807) is 11.7 Å². The molecule has 1 amide bonds. The molecule has 1 aliphatic rings. The van der Waals surface area contributed by atoms with E-state index in [1.807, 2.05) is 91.9 Å². The van der Waals surface area contributed by atoms with Crippen LogP contribution in [0, 0.1) is 3.57 Å². The normalized spacial score (nSPS) is 15.3. The standard InChI is InChI=1S/C28H22IN3O3S/c1-17-24(26(33)31-21-6-4-3-5-7-21)25(19-10-14-22(35-2)15-11-19)32-27(34)23(36-28(32)30-17)16-18-8-12-20(29)13-9-18/h3-16,25H,1-2H3,(H,31,33)/b23-16+/t25-/m1/s1. The van der Waals surface area contributed by atoms with Crippen molar-refractivity contribution in [1.82, 2.24) is 4.57 Å². The number of carbonyl (C=O) groups is 1. The van der Waals surface area contributed by atoms with E-state index in [1.165, 1.54) is 11.3 Å². The van der Waals surface area contributed by atoms with Gasteiger partial charge >= 0.3 is 0 Å². The Morgan fingerprint density at radius 3 is 2.42 bits per heavy atom. The van der Waals surface area contributed by atoms with Gasteiger partial charge in [0.1, 0.15) is 5.75 Å². The van der Waals surface area contributed by atoms with E-state index in [4.69, 9.17) is 9.73 Å². The number of nitrogens with one attached hydrogen (secondary N) is 1. The number of aromatic nitrogens is 1. The third-order valence-electron chi connectivity index (χ3n) is 5.90. The molecule has 0 fully saturated rings. The van der Waals surface area contributed by atoms with Gasteiger partial charge in [-0.25, -0.2) is 4.99 Å². The molecule has 0 saturated heterocycles. The predicted molar refractivity (Wildman–Crippen MR) is 151 cm³/mol. The van der Waals surface area contributed by atoms with Crippen molar-refractivity contribution >= 4 is 51.6 Å². The molecule has 36 heavy (non-hydrogen) atoms. The number of methoxy groups -OCH3 is 1. The summed E-state index contributed by atoms with van der Waals surface area (Å²) in [5.74, 6) is 0.399. The van der Waals surface area contributed by atoms with Crippen molar-refractivity contribution in [1.29, 1.82) is 0 Å². The van der Waals surface area contributed by atoms with E-state index >= 15 is 0 Å². The fourth-order valence-corrected chi connectivity index (χ4v) is 5.55. The lowest BCUT2D eigenvalue weighted by Gasteiger charge is -2.25. The molecule has 0 spiro atoms. The fourth-order valence-electron chi connectivity index (χ4n) is 4.14. The molecule has 0 saturated carbocycles. The third-order valence-corrected chi connectivity index (χ3v) is 7.60. The number of thiazole rings is 1. The van der Waals surface area contributed by atoms with E-state index in [9.17, 15) is 9.59 Å². The van der Waals surface area contributed by atoms with Crippen molar-refractivity contribution in [3.63, 3.8) is 0 Å². The molecule has 6 nitrogen and oxygen atoms in total. The number of amides is 1. The molecule has 8 heteroatoms. The smallest absolute Gasteiger partial charge is 0.271 e. The van der Waals surface area contributed by atoms with Crippen LogP contribution in [0.4, 0.5) is 5.69 Å². The summed E-state index contributed by atoms with van der Waals surface area (Å²) in [5.41, 5.74) is 3.22. The van der Waals surface area contributed by atoms with Crippen LogP contribution in [0.15, 0.2) is 99.9 Å². The van der Waals surface area contributed by atoms with Crippen LogP contribution >= 0.6 is 33.9 Å². The maximum atomic E-state index is 13.7. The average Bonchev–Trinajstić information content (AvgIpc) is 3.19. The number of para-hydroxylation sites is 1. The number of anilines is 1. The van der Waals surface area contributed by atoms with Crippen LogP contribution in [0.1, 0.15) is 24.1 Å². The van der Waals surface area contributed by atoms with E-state index < -0.39 is 6.04 Å². The van der Waals surface area contributed by atoms with Gasteiger partial charge in [0.15, 0.2) is 4.80 Å². The number of fused-ring (bicyclic) bond motifs is 1. The number of halogens is 1. The fraction of sp³-hybridized carbons (Fsp3) is 0.107. The molecule has 0 radical (unpaired) electrons. The molecule has 1 N–H and O–H groups in total. The topological polar surface area (TPSA) is 72.7 Å². The summed E-state index contributed by atoms with van der Waals surface area (Å²) in [7, 11) is 1.60. The molecule has 2 heterocycles. The lowest BCUT2D eigenvalue weighted by molar-refractivity contribution is -0.113. The first-order valence-electron chi connectivity index (χ1n) is 11.2. The molecule has 1 aliphatic heterocycles. The van der Waals surface area contributed by atoms with Crippen molar-refractivity contribution in [2.24, 2.45) is 4.99 Å². The minimum Gasteiger partial charge on any atom is -0.497 e. The van der Waals surface area contributed by atoms with E-state index in [0.717, 1.165) is 14.7 Å². The Kier molecular flexibility index (Phi) is 6.88. The number of rotatable bonds is 5. The quantitative estimate of drug-likeness (QED) is 0.340. The zero-order valence-corrected chi connectivity index (χ0v) is 22.5. The summed E-state index contributed by atoms with van der Waals surface area (Å²) in [6, 6.07) is 24.0. The van der Waals surface area contributed by atoms with Crippen LogP contribution in [0.5, 0.6) is 5.75 Å². The SMILES string of the molecule is COc1ccc([C@@H]2C(C(=O)Nc3ccccc3)=C(C)N=c3s/c(=C/c4ccc(I)cc4)c(=O)n32)cc1. The van der Waals surface area contributed by atoms with Gasteiger partial charge in [0, 0.05) is 9.26 Å². The van der Waals surface area contributed by atoms with Gasteiger partial charge in [-0.2, -0.15) is 0 Å². The van der Waals surface area contributed by atoms with Crippen molar-refractivity contribution < 1.29 is 9.53 Å². The van der Waals surface area contributed by atoms with Crippen molar-refractivity contribution in [3.8, 4) is 5.75 Å². The van der Waals surface area contributed by atoms with Crippen molar-refractivity contribution in [2.75, 3.05) is 12.4 Å². The highest BCUT2D eigenvalue weighted by atomic mass is 127. The summed E-state index contributed by atoms with van der Waals surface area (Å²) < 4.78 is 8.63. The van der Waals surface area contributed by atoms with Crippen LogP contribution in [-0.2, 0) is 4.79 Å². The Morgan fingerprint density at radius 1 is 1.06 bits per heavy atom. The van der Waals surface area contributed by atoms with Gasteiger partial charge in [0.05, 0.1) is 29.0 Å². The van der Waals surface area contributed by atoms with E-state index in [0.29, 0.717) is 32.0 Å². The van der Waals surface area contributed by atoms with E-state index in [-0.39, 0.29) is 11.5 Å². The molecular formula is C28H22IN3O3S. The average molecular weight is 607 g/mol. The summed E-state index contributed by atoms with van der Waals surface area (Å²) in [4.78, 5) is 32.5. The van der Waals surface area contributed by atoms with Crippen LogP contribution in [-0.4, -0.2) is 17.6 Å². The summed E-state index contributed by atoms with van der Waals surface area (Å²) in [6.07, 6.45) is 1.87. The second-order valence-corrected chi connectivity index (χ2v) is 10.5. The number of nitrogens with zero attached hydrogens (tertiary/aromatic N) is 2. The Balaban J connectivity index is 1.67. The van der Waals surface area contributed by atoms with Gasteiger partial charge in [0.2, 0.25) is 0 Å². The van der Waals surface area contributed by atoms with Gasteiger partial charge in [0.25, 0.3) is 11.5 Å². The van der Waals surface area contributed by atoms with Gasteiger partial charge in [-0.3, -0.25) is 14.2 Å². The maximum Gasteiger partial charge on any atom is 0.271 e. The molecular weight excluding hydrogens is 585 g/mol. The first-order valence-corrected chi connectivity index (χ1v) is 13.1. The maximum absolute atomic E-state index is 13.7. The van der Waals surface area contributed by atoms with Gasteiger partial charge < -0.3 is 10.1 Å². The first-order chi connectivity index (χ1) is 17.4. The molecule has 0 aliphatic carbocycles. The second kappa shape index (κ2) is 10.2. The minimum absolute atomic E-state index is 0.185. The Hall–Kier alpha value is -3.50. The van der Waals surface area contributed by atoms with Crippen LogP contribution in [0.25, 0.3) is 6.08 Å². The number of hydrogen-bond donors (Lipinski definition) is 1. The summed E-state index contributed by atoms with van der Waals surface area (Å²) >= 11 is 3.58.